The number of hydrogen-bond donors (Lipinski definition) is 1. The topological polar surface area (TPSA) is 40.5 Å². The van der Waals surface area contributed by atoms with Crippen LogP contribution in [-0.2, 0) is 4.79 Å². The van der Waals surface area contributed by atoms with Crippen LogP contribution in [0, 0.1) is 0 Å². The number of hydrogen-bond acceptors (Lipinski definition) is 2. The molecule has 0 aliphatic carbocycles. The largest absolute Gasteiger partial charge is 0.480 e. The van der Waals surface area contributed by atoms with Gasteiger partial charge in [-0.2, -0.15) is 0 Å². The zero-order chi connectivity index (χ0) is 14.6. The second kappa shape index (κ2) is 6.40. The summed E-state index contributed by atoms with van der Waals surface area (Å²) >= 11 is 0. The van der Waals surface area contributed by atoms with E-state index in [1.54, 1.807) is 0 Å². The summed E-state index contributed by atoms with van der Waals surface area (Å²) in [5, 5.41) is 9.69. The van der Waals surface area contributed by atoms with Crippen LogP contribution in [0.3, 0.4) is 0 Å². The molecule has 1 aliphatic heterocycles. The Morgan fingerprint density at radius 1 is 1.35 bits per heavy atom. The monoisotopic (exact) mass is 275 g/mol. The predicted molar refractivity (Wildman–Crippen MR) is 80.7 cm³/mol. The van der Waals surface area contributed by atoms with Crippen LogP contribution in [0.15, 0.2) is 30.3 Å². The minimum absolute atomic E-state index is 0.211. The quantitative estimate of drug-likeness (QED) is 0.887. The minimum Gasteiger partial charge on any atom is -0.480 e. The SMILES string of the molecule is CCCC(c1ccccc1)N1CCCCC1(C)C(=O)O. The van der Waals surface area contributed by atoms with Crippen molar-refractivity contribution in [2.45, 2.75) is 57.5 Å². The lowest BCUT2D eigenvalue weighted by molar-refractivity contribution is -0.155. The van der Waals surface area contributed by atoms with Gasteiger partial charge in [-0.3, -0.25) is 9.69 Å². The average Bonchev–Trinajstić information content (AvgIpc) is 2.46. The van der Waals surface area contributed by atoms with Gasteiger partial charge in [0.1, 0.15) is 5.54 Å². The molecule has 0 aromatic heterocycles. The summed E-state index contributed by atoms with van der Waals surface area (Å²) in [6.07, 6.45) is 4.91. The second-order valence-electron chi connectivity index (χ2n) is 5.94. The molecule has 0 bridgehead atoms. The van der Waals surface area contributed by atoms with Crippen LogP contribution < -0.4 is 0 Å². The highest BCUT2D eigenvalue weighted by Gasteiger charge is 2.44. The molecule has 2 atom stereocenters. The summed E-state index contributed by atoms with van der Waals surface area (Å²) in [6, 6.07) is 10.6. The van der Waals surface area contributed by atoms with E-state index < -0.39 is 11.5 Å². The molecule has 1 aliphatic rings. The first kappa shape index (κ1) is 15.0. The molecule has 110 valence electrons. The molecule has 1 heterocycles. The highest BCUT2D eigenvalue weighted by Crippen LogP contribution is 2.38. The fourth-order valence-electron chi connectivity index (χ4n) is 3.32. The van der Waals surface area contributed by atoms with Gasteiger partial charge in [-0.15, -0.1) is 0 Å². The van der Waals surface area contributed by atoms with Gasteiger partial charge >= 0.3 is 5.97 Å². The first-order chi connectivity index (χ1) is 9.59. The summed E-state index contributed by atoms with van der Waals surface area (Å²) in [7, 11) is 0. The Balaban J connectivity index is 2.34. The molecule has 0 radical (unpaired) electrons. The lowest BCUT2D eigenvalue weighted by Gasteiger charge is -2.46. The predicted octanol–water partition coefficient (Wildman–Crippen LogP) is 3.86. The van der Waals surface area contributed by atoms with Gasteiger partial charge in [-0.25, -0.2) is 0 Å². The average molecular weight is 275 g/mol. The smallest absolute Gasteiger partial charge is 0.323 e. The van der Waals surface area contributed by atoms with E-state index >= 15 is 0 Å². The number of nitrogens with zero attached hydrogens (tertiary/aromatic N) is 1. The number of carbonyl (C=O) groups is 1. The summed E-state index contributed by atoms with van der Waals surface area (Å²) < 4.78 is 0. The molecule has 1 aromatic carbocycles. The van der Waals surface area contributed by atoms with Crippen LogP contribution >= 0.6 is 0 Å². The Labute approximate surface area is 121 Å². The van der Waals surface area contributed by atoms with Gasteiger partial charge in [0.2, 0.25) is 0 Å². The van der Waals surface area contributed by atoms with E-state index in [4.69, 9.17) is 0 Å². The van der Waals surface area contributed by atoms with Crippen molar-refractivity contribution in [1.29, 1.82) is 0 Å². The Morgan fingerprint density at radius 2 is 2.05 bits per heavy atom. The zero-order valence-electron chi connectivity index (χ0n) is 12.5. The van der Waals surface area contributed by atoms with Gasteiger partial charge < -0.3 is 5.11 Å². The van der Waals surface area contributed by atoms with E-state index in [1.807, 2.05) is 25.1 Å². The molecule has 0 saturated carbocycles. The maximum Gasteiger partial charge on any atom is 0.323 e. The number of benzene rings is 1. The summed E-state index contributed by atoms with van der Waals surface area (Å²) in [5.74, 6) is -0.686. The van der Waals surface area contributed by atoms with Crippen molar-refractivity contribution < 1.29 is 9.90 Å². The molecule has 1 N–H and O–H groups in total. The lowest BCUT2D eigenvalue weighted by Crippen LogP contribution is -2.56. The standard InChI is InChI=1S/C17H25NO2/c1-3-9-15(14-10-5-4-6-11-14)18-13-8-7-12-17(18,2)16(19)20/h4-6,10-11,15H,3,7-9,12-13H2,1-2H3,(H,19,20). The van der Waals surface area contributed by atoms with Crippen molar-refractivity contribution in [2.24, 2.45) is 0 Å². The van der Waals surface area contributed by atoms with E-state index in [1.165, 1.54) is 5.56 Å². The molecule has 20 heavy (non-hydrogen) atoms. The molecule has 2 rings (SSSR count). The van der Waals surface area contributed by atoms with Gasteiger partial charge in [-0.1, -0.05) is 43.7 Å². The summed E-state index contributed by atoms with van der Waals surface area (Å²) in [4.78, 5) is 14.0. The normalized spacial score (nSPS) is 25.3. The molecule has 0 amide bonds. The van der Waals surface area contributed by atoms with E-state index in [9.17, 15) is 9.90 Å². The first-order valence-electron chi connectivity index (χ1n) is 7.64. The minimum atomic E-state index is -0.728. The molecular formula is C17H25NO2. The van der Waals surface area contributed by atoms with Crippen molar-refractivity contribution in [1.82, 2.24) is 4.90 Å². The summed E-state index contributed by atoms with van der Waals surface area (Å²) in [5.41, 5.74) is 0.511. The Bertz CT molecular complexity index is 446. The number of aliphatic carboxylic acids is 1. The molecule has 3 nitrogen and oxygen atoms in total. The van der Waals surface area contributed by atoms with Crippen LogP contribution in [0.4, 0.5) is 0 Å². The highest BCUT2D eigenvalue weighted by atomic mass is 16.4. The second-order valence-corrected chi connectivity index (χ2v) is 5.94. The molecular weight excluding hydrogens is 250 g/mol. The Hall–Kier alpha value is -1.35. The maximum atomic E-state index is 11.8. The Kier molecular flexibility index (Phi) is 4.81. The zero-order valence-corrected chi connectivity index (χ0v) is 12.5. The number of likely N-dealkylation sites (tertiary alicyclic amines) is 1. The molecule has 0 spiro atoms. The van der Waals surface area contributed by atoms with Crippen LogP contribution in [0.1, 0.15) is 57.6 Å². The molecule has 3 heteroatoms. The van der Waals surface area contributed by atoms with Crippen LogP contribution in [0.2, 0.25) is 0 Å². The van der Waals surface area contributed by atoms with Crippen LogP contribution in [0.25, 0.3) is 0 Å². The van der Waals surface area contributed by atoms with E-state index in [0.717, 1.165) is 38.6 Å². The van der Waals surface area contributed by atoms with Crippen molar-refractivity contribution in [3.05, 3.63) is 35.9 Å². The van der Waals surface area contributed by atoms with Crippen molar-refractivity contribution >= 4 is 5.97 Å². The summed E-state index contributed by atoms with van der Waals surface area (Å²) in [6.45, 7) is 4.93. The molecule has 1 aromatic rings. The number of rotatable bonds is 5. The van der Waals surface area contributed by atoms with E-state index in [2.05, 4.69) is 24.0 Å². The lowest BCUT2D eigenvalue weighted by atomic mass is 9.84. The van der Waals surface area contributed by atoms with Gasteiger partial charge in [0, 0.05) is 6.04 Å². The third kappa shape index (κ3) is 2.88. The van der Waals surface area contributed by atoms with Crippen LogP contribution in [0.5, 0.6) is 0 Å². The highest BCUT2D eigenvalue weighted by molar-refractivity contribution is 5.78. The van der Waals surface area contributed by atoms with E-state index in [0.29, 0.717) is 0 Å². The molecule has 2 unspecified atom stereocenters. The maximum absolute atomic E-state index is 11.8. The fourth-order valence-corrected chi connectivity index (χ4v) is 3.32. The third-order valence-corrected chi connectivity index (χ3v) is 4.53. The number of carboxylic acids is 1. The van der Waals surface area contributed by atoms with Crippen molar-refractivity contribution in [2.75, 3.05) is 6.54 Å². The molecule has 1 fully saturated rings. The first-order valence-corrected chi connectivity index (χ1v) is 7.64. The van der Waals surface area contributed by atoms with Crippen molar-refractivity contribution in [3.63, 3.8) is 0 Å². The van der Waals surface area contributed by atoms with Gasteiger partial charge in [-0.05, 0) is 44.7 Å². The van der Waals surface area contributed by atoms with Crippen LogP contribution in [-0.4, -0.2) is 28.1 Å². The van der Waals surface area contributed by atoms with Crippen molar-refractivity contribution in [3.8, 4) is 0 Å². The Morgan fingerprint density at radius 3 is 2.65 bits per heavy atom. The molecule has 1 saturated heterocycles. The van der Waals surface area contributed by atoms with E-state index in [-0.39, 0.29) is 6.04 Å². The van der Waals surface area contributed by atoms with Gasteiger partial charge in [0.05, 0.1) is 0 Å². The fraction of sp³-hybridized carbons (Fsp3) is 0.588. The number of carboxylic acid groups (broad SMARTS) is 1. The van der Waals surface area contributed by atoms with Gasteiger partial charge in [0.15, 0.2) is 0 Å². The third-order valence-electron chi connectivity index (χ3n) is 4.53. The number of piperidine rings is 1. The van der Waals surface area contributed by atoms with Gasteiger partial charge in [0.25, 0.3) is 0 Å².